The fourth-order valence-electron chi connectivity index (χ4n) is 2.36. The van der Waals surface area contributed by atoms with Gasteiger partial charge in [-0.25, -0.2) is 0 Å². The van der Waals surface area contributed by atoms with E-state index in [0.29, 0.717) is 5.69 Å². The summed E-state index contributed by atoms with van der Waals surface area (Å²) in [6.45, 7) is 9.73. The lowest BCUT2D eigenvalue weighted by molar-refractivity contribution is 0.0637. The highest BCUT2D eigenvalue weighted by molar-refractivity contribution is 5.93. The normalized spacial score (nSPS) is 16.2. The molecule has 0 aliphatic carbocycles. The highest BCUT2D eigenvalue weighted by atomic mass is 16.2. The summed E-state index contributed by atoms with van der Waals surface area (Å²) in [6, 6.07) is 3.76. The van der Waals surface area contributed by atoms with Crippen LogP contribution in [0.5, 0.6) is 0 Å². The van der Waals surface area contributed by atoms with Gasteiger partial charge in [0.05, 0.1) is 0 Å². The van der Waals surface area contributed by atoms with E-state index in [1.165, 1.54) is 0 Å². The van der Waals surface area contributed by atoms with Crippen molar-refractivity contribution >= 4 is 11.6 Å². The van der Waals surface area contributed by atoms with E-state index in [1.54, 1.807) is 6.20 Å². The van der Waals surface area contributed by atoms with Gasteiger partial charge in [-0.1, -0.05) is 13.8 Å². The number of nitrogens with one attached hydrogen (secondary N) is 1. The molecule has 0 bridgehead atoms. The lowest BCUT2D eigenvalue weighted by Crippen LogP contribution is -2.48. The molecule has 5 nitrogen and oxygen atoms in total. The predicted octanol–water partition coefficient (Wildman–Crippen LogP) is 1.68. The molecule has 1 aliphatic rings. The van der Waals surface area contributed by atoms with Crippen molar-refractivity contribution in [1.82, 2.24) is 14.8 Å². The monoisotopic (exact) mass is 276 g/mol. The van der Waals surface area contributed by atoms with Crippen molar-refractivity contribution in [3.63, 3.8) is 0 Å². The first kappa shape index (κ1) is 14.8. The Morgan fingerprint density at radius 3 is 2.70 bits per heavy atom. The number of amides is 1. The van der Waals surface area contributed by atoms with Gasteiger partial charge >= 0.3 is 0 Å². The van der Waals surface area contributed by atoms with Crippen molar-refractivity contribution in [1.29, 1.82) is 0 Å². The average Bonchev–Trinajstić information content (AvgIpc) is 2.52. The molecule has 0 spiro atoms. The van der Waals surface area contributed by atoms with Crippen LogP contribution in [0.25, 0.3) is 0 Å². The van der Waals surface area contributed by atoms with Gasteiger partial charge in [-0.3, -0.25) is 9.78 Å². The third-order valence-electron chi connectivity index (χ3n) is 3.66. The Morgan fingerprint density at radius 1 is 1.30 bits per heavy atom. The van der Waals surface area contributed by atoms with Crippen molar-refractivity contribution in [2.45, 2.75) is 20.3 Å². The molecule has 1 N–H and O–H groups in total. The van der Waals surface area contributed by atoms with Crippen LogP contribution in [0.1, 0.15) is 30.8 Å². The molecule has 0 saturated carbocycles. The highest BCUT2D eigenvalue weighted by Crippen LogP contribution is 2.12. The zero-order chi connectivity index (χ0) is 14.4. The molecule has 1 fully saturated rings. The van der Waals surface area contributed by atoms with Gasteiger partial charge in [0.2, 0.25) is 0 Å². The fraction of sp³-hybridized carbons (Fsp3) is 0.600. The van der Waals surface area contributed by atoms with Gasteiger partial charge in [-0.15, -0.1) is 0 Å². The second-order valence-electron chi connectivity index (χ2n) is 5.08. The molecule has 5 heteroatoms. The number of rotatable bonds is 5. The van der Waals surface area contributed by atoms with E-state index >= 15 is 0 Å². The topological polar surface area (TPSA) is 48.5 Å². The lowest BCUT2D eigenvalue weighted by Gasteiger charge is -2.33. The first-order valence-electron chi connectivity index (χ1n) is 7.46. The van der Waals surface area contributed by atoms with Gasteiger partial charge in [-0.2, -0.15) is 0 Å². The predicted molar refractivity (Wildman–Crippen MR) is 81.0 cm³/mol. The Morgan fingerprint density at radius 2 is 2.05 bits per heavy atom. The molecule has 110 valence electrons. The molecular formula is C15H24N4O. The molecule has 2 heterocycles. The van der Waals surface area contributed by atoms with E-state index in [2.05, 4.69) is 29.0 Å². The molecule has 1 aliphatic heterocycles. The number of carbonyl (C=O) groups is 1. The summed E-state index contributed by atoms with van der Waals surface area (Å²) >= 11 is 0. The SMILES string of the molecule is CCCNc1ccnc(C(=O)N2CCN(CC)CC2)c1. The maximum Gasteiger partial charge on any atom is 0.272 e. The van der Waals surface area contributed by atoms with Gasteiger partial charge in [0.25, 0.3) is 5.91 Å². The molecule has 0 atom stereocenters. The van der Waals surface area contributed by atoms with E-state index in [9.17, 15) is 4.79 Å². The van der Waals surface area contributed by atoms with Crippen LogP contribution in [0.2, 0.25) is 0 Å². The molecule has 0 unspecified atom stereocenters. The zero-order valence-corrected chi connectivity index (χ0v) is 12.4. The van der Waals surface area contributed by atoms with Crippen LogP contribution >= 0.6 is 0 Å². The second-order valence-corrected chi connectivity index (χ2v) is 5.08. The fourth-order valence-corrected chi connectivity index (χ4v) is 2.36. The molecule has 0 aromatic carbocycles. The number of piperazine rings is 1. The Kier molecular flexibility index (Phi) is 5.35. The number of anilines is 1. The van der Waals surface area contributed by atoms with Crippen LogP contribution < -0.4 is 5.32 Å². The number of hydrogen-bond acceptors (Lipinski definition) is 4. The average molecular weight is 276 g/mol. The van der Waals surface area contributed by atoms with Crippen molar-refractivity contribution in [3.8, 4) is 0 Å². The minimum absolute atomic E-state index is 0.0425. The summed E-state index contributed by atoms with van der Waals surface area (Å²) in [5, 5.41) is 3.29. The number of aromatic nitrogens is 1. The van der Waals surface area contributed by atoms with Gasteiger partial charge in [0, 0.05) is 44.6 Å². The summed E-state index contributed by atoms with van der Waals surface area (Å²) in [5.74, 6) is 0.0425. The quantitative estimate of drug-likeness (QED) is 0.889. The number of carbonyl (C=O) groups excluding carboxylic acids is 1. The van der Waals surface area contributed by atoms with Crippen LogP contribution in [-0.4, -0.2) is 60.0 Å². The summed E-state index contributed by atoms with van der Waals surface area (Å²) in [4.78, 5) is 20.9. The summed E-state index contributed by atoms with van der Waals surface area (Å²) in [7, 11) is 0. The third-order valence-corrected chi connectivity index (χ3v) is 3.66. The summed E-state index contributed by atoms with van der Waals surface area (Å²) in [6.07, 6.45) is 2.76. The van der Waals surface area contributed by atoms with Crippen LogP contribution in [0, 0.1) is 0 Å². The lowest BCUT2D eigenvalue weighted by atomic mass is 10.2. The molecule has 1 aromatic heterocycles. The first-order chi connectivity index (χ1) is 9.74. The molecule has 1 amide bonds. The van der Waals surface area contributed by atoms with Crippen LogP contribution in [0.4, 0.5) is 5.69 Å². The number of pyridine rings is 1. The van der Waals surface area contributed by atoms with E-state index in [4.69, 9.17) is 0 Å². The number of hydrogen-bond donors (Lipinski definition) is 1. The standard InChI is InChI=1S/C15H24N4O/c1-3-6-16-13-5-7-17-14(12-13)15(20)19-10-8-18(4-2)9-11-19/h5,7,12H,3-4,6,8-11H2,1-2H3,(H,16,17). The van der Waals surface area contributed by atoms with Gasteiger partial charge < -0.3 is 15.1 Å². The van der Waals surface area contributed by atoms with Crippen LogP contribution in [0.3, 0.4) is 0 Å². The molecule has 1 aromatic rings. The first-order valence-corrected chi connectivity index (χ1v) is 7.46. The second kappa shape index (κ2) is 7.24. The van der Waals surface area contributed by atoms with E-state index in [0.717, 1.165) is 51.4 Å². The third kappa shape index (κ3) is 3.70. The van der Waals surface area contributed by atoms with E-state index in [-0.39, 0.29) is 5.91 Å². The Balaban J connectivity index is 1.98. The number of nitrogens with zero attached hydrogens (tertiary/aromatic N) is 3. The van der Waals surface area contributed by atoms with E-state index < -0.39 is 0 Å². The summed E-state index contributed by atoms with van der Waals surface area (Å²) < 4.78 is 0. The zero-order valence-electron chi connectivity index (χ0n) is 12.4. The molecule has 1 saturated heterocycles. The molecular weight excluding hydrogens is 252 g/mol. The van der Waals surface area contributed by atoms with Gasteiger partial charge in [-0.05, 0) is 25.1 Å². The molecule has 0 radical (unpaired) electrons. The Labute approximate surface area is 121 Å². The maximum atomic E-state index is 12.4. The van der Waals surface area contributed by atoms with Crippen LogP contribution in [-0.2, 0) is 0 Å². The van der Waals surface area contributed by atoms with Crippen molar-refractivity contribution < 1.29 is 4.79 Å². The molecule has 20 heavy (non-hydrogen) atoms. The smallest absolute Gasteiger partial charge is 0.272 e. The van der Waals surface area contributed by atoms with Crippen molar-refractivity contribution in [2.24, 2.45) is 0 Å². The van der Waals surface area contributed by atoms with Gasteiger partial charge in [0.15, 0.2) is 0 Å². The van der Waals surface area contributed by atoms with Crippen molar-refractivity contribution in [3.05, 3.63) is 24.0 Å². The minimum atomic E-state index is 0.0425. The Bertz CT molecular complexity index is 441. The maximum absolute atomic E-state index is 12.4. The molecule has 2 rings (SSSR count). The van der Waals surface area contributed by atoms with E-state index in [1.807, 2.05) is 17.0 Å². The Hall–Kier alpha value is -1.62. The van der Waals surface area contributed by atoms with Crippen LogP contribution in [0.15, 0.2) is 18.3 Å². The number of likely N-dealkylation sites (N-methyl/N-ethyl adjacent to an activating group) is 1. The highest BCUT2D eigenvalue weighted by Gasteiger charge is 2.22. The van der Waals surface area contributed by atoms with Crippen molar-refractivity contribution in [2.75, 3.05) is 44.6 Å². The van der Waals surface area contributed by atoms with Gasteiger partial charge in [0.1, 0.15) is 5.69 Å². The minimum Gasteiger partial charge on any atom is -0.385 e. The summed E-state index contributed by atoms with van der Waals surface area (Å²) in [5.41, 5.74) is 1.51. The largest absolute Gasteiger partial charge is 0.385 e.